The SMILES string of the molecule is COCC(N)c1cnc2ccccc2n1. The number of hydrogen-bond donors (Lipinski definition) is 1. The van der Waals surface area contributed by atoms with Crippen molar-refractivity contribution in [3.05, 3.63) is 36.2 Å². The number of aromatic nitrogens is 2. The number of methoxy groups -OCH3 is 1. The van der Waals surface area contributed by atoms with E-state index in [1.54, 1.807) is 13.3 Å². The molecule has 2 N–H and O–H groups in total. The summed E-state index contributed by atoms with van der Waals surface area (Å²) in [5.74, 6) is 0. The van der Waals surface area contributed by atoms with Gasteiger partial charge in [-0.25, -0.2) is 4.98 Å². The summed E-state index contributed by atoms with van der Waals surface area (Å²) in [6.45, 7) is 0.451. The highest BCUT2D eigenvalue weighted by atomic mass is 16.5. The maximum absolute atomic E-state index is 5.87. The highest BCUT2D eigenvalue weighted by Crippen LogP contribution is 2.12. The molecule has 0 bridgehead atoms. The third-order valence-corrected chi connectivity index (χ3v) is 2.19. The molecule has 0 aliphatic heterocycles. The number of fused-ring (bicyclic) bond motifs is 1. The number of para-hydroxylation sites is 2. The van der Waals surface area contributed by atoms with Gasteiger partial charge in [-0.3, -0.25) is 4.98 Å². The Bertz CT molecular complexity index is 458. The molecule has 1 aromatic carbocycles. The smallest absolute Gasteiger partial charge is 0.0890 e. The monoisotopic (exact) mass is 203 g/mol. The molecule has 1 aromatic heterocycles. The summed E-state index contributed by atoms with van der Waals surface area (Å²) in [4.78, 5) is 8.71. The van der Waals surface area contributed by atoms with Crippen LogP contribution in [0.15, 0.2) is 30.5 Å². The van der Waals surface area contributed by atoms with E-state index in [0.29, 0.717) is 6.61 Å². The fraction of sp³-hybridized carbons (Fsp3) is 0.273. The van der Waals surface area contributed by atoms with Gasteiger partial charge in [0.1, 0.15) is 0 Å². The molecule has 0 amide bonds. The normalized spacial score (nSPS) is 12.9. The third-order valence-electron chi connectivity index (χ3n) is 2.19. The maximum atomic E-state index is 5.87. The van der Waals surface area contributed by atoms with E-state index in [2.05, 4.69) is 9.97 Å². The predicted octanol–water partition coefficient (Wildman–Crippen LogP) is 1.28. The van der Waals surface area contributed by atoms with Gasteiger partial charge in [0.2, 0.25) is 0 Å². The minimum atomic E-state index is -0.216. The van der Waals surface area contributed by atoms with Crippen molar-refractivity contribution in [2.75, 3.05) is 13.7 Å². The number of rotatable bonds is 3. The fourth-order valence-electron chi connectivity index (χ4n) is 1.42. The summed E-state index contributed by atoms with van der Waals surface area (Å²) in [5, 5.41) is 0. The Balaban J connectivity index is 2.38. The lowest BCUT2D eigenvalue weighted by Crippen LogP contribution is -2.17. The van der Waals surface area contributed by atoms with E-state index in [-0.39, 0.29) is 6.04 Å². The lowest BCUT2D eigenvalue weighted by atomic mass is 10.2. The molecule has 0 aliphatic carbocycles. The van der Waals surface area contributed by atoms with Gasteiger partial charge >= 0.3 is 0 Å². The van der Waals surface area contributed by atoms with Crippen molar-refractivity contribution in [2.45, 2.75) is 6.04 Å². The summed E-state index contributed by atoms with van der Waals surface area (Å²) in [7, 11) is 1.62. The van der Waals surface area contributed by atoms with E-state index in [4.69, 9.17) is 10.5 Å². The third kappa shape index (κ3) is 2.11. The predicted molar refractivity (Wildman–Crippen MR) is 58.3 cm³/mol. The highest BCUT2D eigenvalue weighted by Gasteiger charge is 2.08. The molecule has 1 atom stereocenters. The average molecular weight is 203 g/mol. The zero-order chi connectivity index (χ0) is 10.7. The van der Waals surface area contributed by atoms with Crippen LogP contribution in [0.5, 0.6) is 0 Å². The van der Waals surface area contributed by atoms with Crippen molar-refractivity contribution >= 4 is 11.0 Å². The summed E-state index contributed by atoms with van der Waals surface area (Å²) >= 11 is 0. The fourth-order valence-corrected chi connectivity index (χ4v) is 1.42. The molecule has 1 heterocycles. The molecule has 0 aliphatic rings. The number of hydrogen-bond acceptors (Lipinski definition) is 4. The molecule has 4 heteroatoms. The number of benzene rings is 1. The van der Waals surface area contributed by atoms with Crippen LogP contribution in [0.4, 0.5) is 0 Å². The van der Waals surface area contributed by atoms with Crippen LogP contribution in [0.25, 0.3) is 11.0 Å². The Morgan fingerprint density at radius 1 is 1.33 bits per heavy atom. The average Bonchev–Trinajstić information content (AvgIpc) is 2.29. The second-order valence-corrected chi connectivity index (χ2v) is 3.35. The zero-order valence-corrected chi connectivity index (χ0v) is 8.55. The Kier molecular flexibility index (Phi) is 2.89. The molecule has 2 rings (SSSR count). The van der Waals surface area contributed by atoms with E-state index in [0.717, 1.165) is 16.7 Å². The van der Waals surface area contributed by atoms with E-state index in [1.807, 2.05) is 24.3 Å². The zero-order valence-electron chi connectivity index (χ0n) is 8.55. The number of nitrogens with zero attached hydrogens (tertiary/aromatic N) is 2. The van der Waals surface area contributed by atoms with Crippen molar-refractivity contribution in [2.24, 2.45) is 5.73 Å². The standard InChI is InChI=1S/C11H13N3O/c1-15-7-8(12)11-6-13-9-4-2-3-5-10(9)14-11/h2-6,8H,7,12H2,1H3. The second kappa shape index (κ2) is 4.33. The van der Waals surface area contributed by atoms with Crippen LogP contribution in [0.2, 0.25) is 0 Å². The van der Waals surface area contributed by atoms with E-state index >= 15 is 0 Å². The number of nitrogens with two attached hydrogens (primary N) is 1. The van der Waals surface area contributed by atoms with Crippen LogP contribution < -0.4 is 5.73 Å². The maximum Gasteiger partial charge on any atom is 0.0890 e. The quantitative estimate of drug-likeness (QED) is 0.816. The molecule has 2 aromatic rings. The summed E-state index contributed by atoms with van der Waals surface area (Å²) < 4.78 is 4.98. The molecule has 0 saturated heterocycles. The topological polar surface area (TPSA) is 61.0 Å². The van der Waals surface area contributed by atoms with Crippen LogP contribution in [0.1, 0.15) is 11.7 Å². The second-order valence-electron chi connectivity index (χ2n) is 3.35. The van der Waals surface area contributed by atoms with Crippen molar-refractivity contribution in [3.63, 3.8) is 0 Å². The molecule has 0 fully saturated rings. The molecule has 78 valence electrons. The van der Waals surface area contributed by atoms with Gasteiger partial charge in [0, 0.05) is 7.11 Å². The van der Waals surface area contributed by atoms with Crippen molar-refractivity contribution < 1.29 is 4.74 Å². The van der Waals surface area contributed by atoms with Crippen LogP contribution in [0.3, 0.4) is 0 Å². The Labute approximate surface area is 88.1 Å². The van der Waals surface area contributed by atoms with Crippen molar-refractivity contribution in [1.82, 2.24) is 9.97 Å². The molecule has 0 spiro atoms. The van der Waals surface area contributed by atoms with Crippen LogP contribution >= 0.6 is 0 Å². The Morgan fingerprint density at radius 3 is 2.80 bits per heavy atom. The summed E-state index contributed by atoms with van der Waals surface area (Å²) in [6.07, 6.45) is 1.70. The van der Waals surface area contributed by atoms with Gasteiger partial charge in [0.15, 0.2) is 0 Å². The van der Waals surface area contributed by atoms with Gasteiger partial charge in [-0.15, -0.1) is 0 Å². The molecule has 1 unspecified atom stereocenters. The molecular formula is C11H13N3O. The largest absolute Gasteiger partial charge is 0.383 e. The molecule has 0 radical (unpaired) electrons. The molecule has 0 saturated carbocycles. The highest BCUT2D eigenvalue weighted by molar-refractivity contribution is 5.73. The van der Waals surface area contributed by atoms with Gasteiger partial charge in [-0.2, -0.15) is 0 Å². The molecular weight excluding hydrogens is 190 g/mol. The van der Waals surface area contributed by atoms with Crippen LogP contribution in [0, 0.1) is 0 Å². The lowest BCUT2D eigenvalue weighted by Gasteiger charge is -2.09. The first kappa shape index (κ1) is 10.0. The van der Waals surface area contributed by atoms with Crippen LogP contribution in [-0.2, 0) is 4.74 Å². The molecule has 15 heavy (non-hydrogen) atoms. The van der Waals surface area contributed by atoms with Crippen molar-refractivity contribution in [1.29, 1.82) is 0 Å². The van der Waals surface area contributed by atoms with E-state index in [9.17, 15) is 0 Å². The van der Waals surface area contributed by atoms with Gasteiger partial charge in [-0.05, 0) is 12.1 Å². The van der Waals surface area contributed by atoms with Gasteiger partial charge in [0.25, 0.3) is 0 Å². The van der Waals surface area contributed by atoms with Gasteiger partial charge in [-0.1, -0.05) is 12.1 Å². The van der Waals surface area contributed by atoms with Crippen molar-refractivity contribution in [3.8, 4) is 0 Å². The first-order valence-corrected chi connectivity index (χ1v) is 4.77. The van der Waals surface area contributed by atoms with Gasteiger partial charge in [0.05, 0.1) is 35.6 Å². The Hall–Kier alpha value is -1.52. The minimum absolute atomic E-state index is 0.216. The summed E-state index contributed by atoms with van der Waals surface area (Å²) in [6, 6.07) is 7.50. The van der Waals surface area contributed by atoms with Crippen LogP contribution in [-0.4, -0.2) is 23.7 Å². The molecule has 4 nitrogen and oxygen atoms in total. The first-order valence-electron chi connectivity index (χ1n) is 4.77. The minimum Gasteiger partial charge on any atom is -0.383 e. The lowest BCUT2D eigenvalue weighted by molar-refractivity contribution is 0.179. The first-order chi connectivity index (χ1) is 7.31. The van der Waals surface area contributed by atoms with Gasteiger partial charge < -0.3 is 10.5 Å². The number of ether oxygens (including phenoxy) is 1. The summed E-state index contributed by atoms with van der Waals surface area (Å²) in [5.41, 5.74) is 8.37. The van der Waals surface area contributed by atoms with E-state index in [1.165, 1.54) is 0 Å². The van der Waals surface area contributed by atoms with E-state index < -0.39 is 0 Å². The Morgan fingerprint density at radius 2 is 2.07 bits per heavy atom.